The van der Waals surface area contributed by atoms with Gasteiger partial charge in [0.15, 0.2) is 6.10 Å². The quantitative estimate of drug-likeness (QED) is 0.867. The second-order valence-corrected chi connectivity index (χ2v) is 6.85. The Labute approximate surface area is 157 Å². The fourth-order valence-corrected chi connectivity index (χ4v) is 2.91. The molecule has 1 aliphatic rings. The lowest BCUT2D eigenvalue weighted by Gasteiger charge is -2.17. The van der Waals surface area contributed by atoms with Crippen LogP contribution in [0.25, 0.3) is 0 Å². The third-order valence-corrected chi connectivity index (χ3v) is 4.73. The van der Waals surface area contributed by atoms with Crippen molar-refractivity contribution in [3.8, 4) is 5.75 Å². The van der Waals surface area contributed by atoms with E-state index < -0.39 is 6.10 Å². The molecule has 1 aliphatic heterocycles. The van der Waals surface area contributed by atoms with Crippen LogP contribution in [0.5, 0.6) is 5.75 Å². The fourth-order valence-electron chi connectivity index (χ4n) is 2.78. The van der Waals surface area contributed by atoms with E-state index in [1.54, 1.807) is 6.07 Å². The lowest BCUT2D eigenvalue weighted by Crippen LogP contribution is -2.44. The Kier molecular flexibility index (Phi) is 5.47. The molecule has 0 fully saturated rings. The molecular formula is C20H21ClN2O3. The van der Waals surface area contributed by atoms with Crippen molar-refractivity contribution in [3.63, 3.8) is 0 Å². The van der Waals surface area contributed by atoms with E-state index in [0.717, 1.165) is 16.7 Å². The molecule has 6 heteroatoms. The number of aryl methyl sites for hydroxylation is 2. The number of carbonyl (C=O) groups is 2. The van der Waals surface area contributed by atoms with Crippen molar-refractivity contribution in [1.82, 2.24) is 10.6 Å². The van der Waals surface area contributed by atoms with Crippen LogP contribution in [0.15, 0.2) is 36.4 Å². The van der Waals surface area contributed by atoms with E-state index in [2.05, 4.69) is 10.6 Å². The average molecular weight is 373 g/mol. The maximum Gasteiger partial charge on any atom is 0.262 e. The summed E-state index contributed by atoms with van der Waals surface area (Å²) >= 11 is 5.87. The Morgan fingerprint density at radius 1 is 1.23 bits per heavy atom. The molecule has 0 spiro atoms. The van der Waals surface area contributed by atoms with E-state index in [-0.39, 0.29) is 18.4 Å². The minimum absolute atomic E-state index is 0.137. The van der Waals surface area contributed by atoms with Crippen LogP contribution in [0.3, 0.4) is 0 Å². The van der Waals surface area contributed by atoms with Crippen molar-refractivity contribution in [2.24, 2.45) is 0 Å². The first-order chi connectivity index (χ1) is 12.4. The maximum atomic E-state index is 12.5. The lowest BCUT2D eigenvalue weighted by molar-refractivity contribution is -0.127. The largest absolute Gasteiger partial charge is 0.478 e. The van der Waals surface area contributed by atoms with Gasteiger partial charge in [-0.25, -0.2) is 0 Å². The zero-order valence-electron chi connectivity index (χ0n) is 14.8. The van der Waals surface area contributed by atoms with Crippen LogP contribution in [0.1, 0.15) is 27.0 Å². The van der Waals surface area contributed by atoms with Crippen LogP contribution in [0.2, 0.25) is 5.02 Å². The van der Waals surface area contributed by atoms with Gasteiger partial charge in [-0.05, 0) is 61.2 Å². The number of rotatable bonds is 4. The molecule has 0 unspecified atom stereocenters. The molecule has 0 bridgehead atoms. The Balaban J connectivity index is 1.63. The molecule has 2 N–H and O–H groups in total. The van der Waals surface area contributed by atoms with Crippen LogP contribution in [-0.2, 0) is 11.2 Å². The monoisotopic (exact) mass is 372 g/mol. The number of halogens is 1. The van der Waals surface area contributed by atoms with Crippen LogP contribution in [0.4, 0.5) is 0 Å². The lowest BCUT2D eigenvalue weighted by atomic mass is 10.0. The summed E-state index contributed by atoms with van der Waals surface area (Å²) in [6.07, 6.45) is -0.0656. The van der Waals surface area contributed by atoms with Gasteiger partial charge in [0, 0.05) is 11.6 Å². The zero-order chi connectivity index (χ0) is 18.7. The molecule has 2 amide bonds. The van der Waals surface area contributed by atoms with Crippen molar-refractivity contribution in [1.29, 1.82) is 0 Å². The van der Waals surface area contributed by atoms with Gasteiger partial charge >= 0.3 is 0 Å². The molecule has 3 rings (SSSR count). The second kappa shape index (κ2) is 7.79. The van der Waals surface area contributed by atoms with E-state index in [9.17, 15) is 9.59 Å². The van der Waals surface area contributed by atoms with Gasteiger partial charge in [-0.3, -0.25) is 9.59 Å². The van der Waals surface area contributed by atoms with Crippen LogP contribution < -0.4 is 15.4 Å². The Morgan fingerprint density at radius 2 is 1.92 bits per heavy atom. The third kappa shape index (κ3) is 4.17. The number of carbonyl (C=O) groups excluding carboxylic acids is 2. The first-order valence-corrected chi connectivity index (χ1v) is 8.90. The van der Waals surface area contributed by atoms with Gasteiger partial charge in [-0.15, -0.1) is 0 Å². The molecule has 0 saturated heterocycles. The van der Waals surface area contributed by atoms with Gasteiger partial charge in [0.25, 0.3) is 11.8 Å². The number of nitrogens with one attached hydrogen (secondary N) is 2. The smallest absolute Gasteiger partial charge is 0.262 e. The van der Waals surface area contributed by atoms with Crippen LogP contribution >= 0.6 is 11.6 Å². The summed E-state index contributed by atoms with van der Waals surface area (Å²) in [5.41, 5.74) is 3.57. The van der Waals surface area contributed by atoms with E-state index in [1.807, 2.05) is 44.2 Å². The van der Waals surface area contributed by atoms with Gasteiger partial charge in [0.05, 0.1) is 12.1 Å². The summed E-state index contributed by atoms with van der Waals surface area (Å²) in [5.74, 6) is -0.0224. The fraction of sp³-hybridized carbons (Fsp3) is 0.300. The molecule has 2 aromatic rings. The normalized spacial score (nSPS) is 16.1. The highest BCUT2D eigenvalue weighted by molar-refractivity contribution is 6.30. The van der Waals surface area contributed by atoms with Gasteiger partial charge in [0.2, 0.25) is 0 Å². The number of amides is 2. The number of fused-ring (bicyclic) bond motifs is 1. The SMILES string of the molecule is Cc1cc2c(cc1C)C(=O)NC[C@@H](C(=O)NCCc1ccc(Cl)cc1)O2. The highest BCUT2D eigenvalue weighted by Crippen LogP contribution is 2.26. The first kappa shape index (κ1) is 18.3. The summed E-state index contributed by atoms with van der Waals surface area (Å²) in [6.45, 7) is 4.50. The molecule has 5 nitrogen and oxygen atoms in total. The van der Waals surface area contributed by atoms with E-state index in [4.69, 9.17) is 16.3 Å². The standard InChI is InChI=1S/C20H21ClN2O3/c1-12-9-16-17(10-13(12)2)26-18(11-23-19(16)24)20(25)22-8-7-14-3-5-15(21)6-4-14/h3-6,9-10,18H,7-8,11H2,1-2H3,(H,22,25)(H,23,24)/t18-/m0/s1. The number of benzene rings is 2. The van der Waals surface area contributed by atoms with Gasteiger partial charge in [0.1, 0.15) is 5.75 Å². The predicted molar refractivity (Wildman–Crippen MR) is 101 cm³/mol. The molecular weight excluding hydrogens is 352 g/mol. The Bertz CT molecular complexity index is 834. The number of ether oxygens (including phenoxy) is 1. The number of hydrogen-bond donors (Lipinski definition) is 2. The summed E-state index contributed by atoms with van der Waals surface area (Å²) in [7, 11) is 0. The van der Waals surface area contributed by atoms with Gasteiger partial charge in [-0.2, -0.15) is 0 Å². The molecule has 0 aromatic heterocycles. The Morgan fingerprint density at radius 3 is 2.65 bits per heavy atom. The van der Waals surface area contributed by atoms with Crippen LogP contribution in [0, 0.1) is 13.8 Å². The van der Waals surface area contributed by atoms with E-state index >= 15 is 0 Å². The van der Waals surface area contributed by atoms with Crippen molar-refractivity contribution < 1.29 is 14.3 Å². The molecule has 0 saturated carbocycles. The highest BCUT2D eigenvalue weighted by Gasteiger charge is 2.27. The summed E-state index contributed by atoms with van der Waals surface area (Å²) < 4.78 is 5.83. The van der Waals surface area contributed by atoms with Crippen LogP contribution in [-0.4, -0.2) is 31.0 Å². The van der Waals surface area contributed by atoms with E-state index in [0.29, 0.717) is 29.3 Å². The van der Waals surface area contributed by atoms with Gasteiger partial charge < -0.3 is 15.4 Å². The molecule has 1 heterocycles. The molecule has 2 aromatic carbocycles. The van der Waals surface area contributed by atoms with Crippen molar-refractivity contribution in [2.45, 2.75) is 26.4 Å². The molecule has 1 atom stereocenters. The summed E-state index contributed by atoms with van der Waals surface area (Å²) in [4.78, 5) is 24.7. The zero-order valence-corrected chi connectivity index (χ0v) is 15.5. The molecule has 26 heavy (non-hydrogen) atoms. The minimum Gasteiger partial charge on any atom is -0.478 e. The topological polar surface area (TPSA) is 67.4 Å². The van der Waals surface area contributed by atoms with Crippen molar-refractivity contribution in [2.75, 3.05) is 13.1 Å². The third-order valence-electron chi connectivity index (χ3n) is 4.48. The van der Waals surface area contributed by atoms with Crippen molar-refractivity contribution in [3.05, 3.63) is 63.7 Å². The van der Waals surface area contributed by atoms with Gasteiger partial charge in [-0.1, -0.05) is 23.7 Å². The predicted octanol–water partition coefficient (Wildman–Crippen LogP) is 2.81. The molecule has 0 radical (unpaired) electrons. The Hall–Kier alpha value is -2.53. The highest BCUT2D eigenvalue weighted by atomic mass is 35.5. The average Bonchev–Trinajstić information content (AvgIpc) is 2.77. The number of hydrogen-bond acceptors (Lipinski definition) is 3. The second-order valence-electron chi connectivity index (χ2n) is 6.42. The summed E-state index contributed by atoms with van der Waals surface area (Å²) in [5, 5.41) is 6.30. The van der Waals surface area contributed by atoms with Crippen molar-refractivity contribution >= 4 is 23.4 Å². The first-order valence-electron chi connectivity index (χ1n) is 8.52. The minimum atomic E-state index is -0.757. The molecule has 0 aliphatic carbocycles. The maximum absolute atomic E-state index is 12.5. The molecule has 136 valence electrons. The summed E-state index contributed by atoms with van der Waals surface area (Å²) in [6, 6.07) is 11.1. The van der Waals surface area contributed by atoms with E-state index in [1.165, 1.54) is 0 Å².